The van der Waals surface area contributed by atoms with Crippen molar-refractivity contribution in [1.82, 2.24) is 0 Å². The molecule has 1 N–H and O–H groups in total. The molecule has 1 nitrogen and oxygen atoms in total. The molecule has 0 saturated carbocycles. The first-order valence-electron chi connectivity index (χ1n) is 2.49. The SMILES string of the molecule is CC(=N)c1csc(Br)c1. The number of halogens is 1. The van der Waals surface area contributed by atoms with Crippen LogP contribution in [0, 0.1) is 5.41 Å². The van der Waals surface area contributed by atoms with E-state index in [1.165, 1.54) is 0 Å². The van der Waals surface area contributed by atoms with Gasteiger partial charge in [0, 0.05) is 16.7 Å². The molecule has 0 aliphatic carbocycles. The highest BCUT2D eigenvalue weighted by molar-refractivity contribution is 9.11. The van der Waals surface area contributed by atoms with E-state index in [1.54, 1.807) is 18.3 Å². The number of hydrogen-bond donors (Lipinski definition) is 1. The van der Waals surface area contributed by atoms with Crippen LogP contribution < -0.4 is 0 Å². The highest BCUT2D eigenvalue weighted by atomic mass is 79.9. The van der Waals surface area contributed by atoms with Gasteiger partial charge in [0.1, 0.15) is 0 Å². The Morgan fingerprint density at radius 1 is 1.78 bits per heavy atom. The van der Waals surface area contributed by atoms with E-state index in [0.717, 1.165) is 9.35 Å². The molecule has 0 aliphatic heterocycles. The minimum atomic E-state index is 0.622. The van der Waals surface area contributed by atoms with Crippen LogP contribution in [0.25, 0.3) is 0 Å². The van der Waals surface area contributed by atoms with E-state index in [2.05, 4.69) is 15.9 Å². The third-order valence-corrected chi connectivity index (χ3v) is 2.50. The summed E-state index contributed by atoms with van der Waals surface area (Å²) in [6, 6.07) is 1.95. The number of rotatable bonds is 1. The lowest BCUT2D eigenvalue weighted by atomic mass is 10.2. The van der Waals surface area contributed by atoms with Crippen molar-refractivity contribution in [2.75, 3.05) is 0 Å². The van der Waals surface area contributed by atoms with Crippen molar-refractivity contribution in [3.8, 4) is 0 Å². The van der Waals surface area contributed by atoms with Gasteiger partial charge in [-0.05, 0) is 28.9 Å². The third-order valence-electron chi connectivity index (χ3n) is 1.00. The van der Waals surface area contributed by atoms with Crippen molar-refractivity contribution in [1.29, 1.82) is 5.41 Å². The van der Waals surface area contributed by atoms with Crippen LogP contribution in [-0.4, -0.2) is 5.71 Å². The zero-order valence-corrected chi connectivity index (χ0v) is 7.34. The van der Waals surface area contributed by atoms with Gasteiger partial charge in [0.2, 0.25) is 0 Å². The molecule has 0 radical (unpaired) electrons. The summed E-state index contributed by atoms with van der Waals surface area (Å²) in [5, 5.41) is 9.20. The number of hydrogen-bond acceptors (Lipinski definition) is 2. The molecule has 0 unspecified atom stereocenters. The quantitative estimate of drug-likeness (QED) is 0.680. The Kier molecular flexibility index (Phi) is 2.03. The summed E-state index contributed by atoms with van der Waals surface area (Å²) in [5.74, 6) is 0. The minimum absolute atomic E-state index is 0.622. The molecule has 1 aromatic heterocycles. The monoisotopic (exact) mass is 203 g/mol. The second-order valence-electron chi connectivity index (χ2n) is 1.76. The van der Waals surface area contributed by atoms with Gasteiger partial charge in [-0.2, -0.15) is 0 Å². The second-order valence-corrected chi connectivity index (χ2v) is 4.05. The van der Waals surface area contributed by atoms with Gasteiger partial charge in [0.05, 0.1) is 3.79 Å². The van der Waals surface area contributed by atoms with E-state index in [-0.39, 0.29) is 0 Å². The molecule has 9 heavy (non-hydrogen) atoms. The van der Waals surface area contributed by atoms with Gasteiger partial charge in [-0.15, -0.1) is 11.3 Å². The molecule has 0 bridgehead atoms. The molecular formula is C6H6BrNS. The van der Waals surface area contributed by atoms with Crippen molar-refractivity contribution in [3.63, 3.8) is 0 Å². The van der Waals surface area contributed by atoms with Crippen molar-refractivity contribution < 1.29 is 0 Å². The molecule has 1 rings (SSSR count). The average Bonchev–Trinajstić information content (AvgIpc) is 2.14. The van der Waals surface area contributed by atoms with Crippen molar-refractivity contribution >= 4 is 33.0 Å². The molecule has 0 aliphatic rings. The summed E-state index contributed by atoms with van der Waals surface area (Å²) in [4.78, 5) is 0. The number of nitrogens with one attached hydrogen (secondary N) is 1. The van der Waals surface area contributed by atoms with E-state index >= 15 is 0 Å². The first-order valence-corrected chi connectivity index (χ1v) is 4.17. The van der Waals surface area contributed by atoms with E-state index in [9.17, 15) is 0 Å². The molecule has 0 spiro atoms. The van der Waals surface area contributed by atoms with Crippen LogP contribution in [0.3, 0.4) is 0 Å². The molecule has 0 amide bonds. The lowest BCUT2D eigenvalue weighted by Crippen LogP contribution is -1.85. The van der Waals surface area contributed by atoms with Gasteiger partial charge in [-0.1, -0.05) is 0 Å². The van der Waals surface area contributed by atoms with Crippen LogP contribution in [0.15, 0.2) is 15.2 Å². The molecule has 0 fully saturated rings. The van der Waals surface area contributed by atoms with Gasteiger partial charge in [-0.3, -0.25) is 0 Å². The van der Waals surface area contributed by atoms with Gasteiger partial charge < -0.3 is 5.41 Å². The predicted molar refractivity (Wildman–Crippen MR) is 44.5 cm³/mol. The third kappa shape index (κ3) is 1.63. The van der Waals surface area contributed by atoms with Crippen molar-refractivity contribution in [2.45, 2.75) is 6.92 Å². The molecule has 0 atom stereocenters. The summed E-state index contributed by atoms with van der Waals surface area (Å²) >= 11 is 4.93. The Bertz CT molecular complexity index is 229. The smallest absolute Gasteiger partial charge is 0.0705 e. The van der Waals surface area contributed by atoms with Crippen LogP contribution in [-0.2, 0) is 0 Å². The van der Waals surface area contributed by atoms with Crippen molar-refractivity contribution in [3.05, 3.63) is 20.8 Å². The Morgan fingerprint density at radius 2 is 2.44 bits per heavy atom. The van der Waals surface area contributed by atoms with Gasteiger partial charge in [0.15, 0.2) is 0 Å². The molecular weight excluding hydrogens is 198 g/mol. The zero-order valence-electron chi connectivity index (χ0n) is 4.94. The van der Waals surface area contributed by atoms with Crippen LogP contribution >= 0.6 is 27.3 Å². The average molecular weight is 204 g/mol. The molecule has 48 valence electrons. The van der Waals surface area contributed by atoms with Gasteiger partial charge >= 0.3 is 0 Å². The molecule has 1 aromatic rings. The lowest BCUT2D eigenvalue weighted by molar-refractivity contribution is 1.47. The van der Waals surface area contributed by atoms with E-state index in [0.29, 0.717) is 5.71 Å². The zero-order chi connectivity index (χ0) is 6.85. The first kappa shape index (κ1) is 6.96. The fourth-order valence-electron chi connectivity index (χ4n) is 0.507. The predicted octanol–water partition coefficient (Wildman–Crippen LogP) is 2.90. The lowest BCUT2D eigenvalue weighted by Gasteiger charge is -1.85. The molecule has 1 heterocycles. The van der Waals surface area contributed by atoms with Crippen LogP contribution in [0.1, 0.15) is 12.5 Å². The molecule has 0 aromatic carbocycles. The van der Waals surface area contributed by atoms with Crippen LogP contribution in [0.4, 0.5) is 0 Å². The minimum Gasteiger partial charge on any atom is -0.305 e. The maximum Gasteiger partial charge on any atom is 0.0705 e. The van der Waals surface area contributed by atoms with Gasteiger partial charge in [0.25, 0.3) is 0 Å². The summed E-state index contributed by atoms with van der Waals surface area (Å²) in [7, 11) is 0. The Balaban J connectivity index is 2.98. The first-order chi connectivity index (χ1) is 4.20. The normalized spacial score (nSPS) is 9.56. The summed E-state index contributed by atoms with van der Waals surface area (Å²) in [5.41, 5.74) is 1.63. The standard InChI is InChI=1S/C6H6BrNS/c1-4(8)5-2-6(7)9-3-5/h2-3,8H,1H3. The summed E-state index contributed by atoms with van der Waals surface area (Å²) in [6.07, 6.45) is 0. The van der Waals surface area contributed by atoms with E-state index < -0.39 is 0 Å². The van der Waals surface area contributed by atoms with Crippen LogP contribution in [0.5, 0.6) is 0 Å². The maximum absolute atomic E-state index is 7.23. The fourth-order valence-corrected chi connectivity index (χ4v) is 1.71. The summed E-state index contributed by atoms with van der Waals surface area (Å²) < 4.78 is 1.09. The topological polar surface area (TPSA) is 23.9 Å². The number of thiophene rings is 1. The highest BCUT2D eigenvalue weighted by Crippen LogP contribution is 2.20. The molecule has 3 heteroatoms. The fraction of sp³-hybridized carbons (Fsp3) is 0.167. The Labute approximate surface area is 66.4 Å². The second kappa shape index (κ2) is 2.62. The largest absolute Gasteiger partial charge is 0.305 e. The Morgan fingerprint density at radius 3 is 2.67 bits per heavy atom. The van der Waals surface area contributed by atoms with E-state index in [1.807, 2.05) is 11.4 Å². The van der Waals surface area contributed by atoms with E-state index in [4.69, 9.17) is 5.41 Å². The molecule has 0 saturated heterocycles. The summed E-state index contributed by atoms with van der Waals surface area (Å²) in [6.45, 7) is 1.79. The van der Waals surface area contributed by atoms with Gasteiger partial charge in [-0.25, -0.2) is 0 Å². The van der Waals surface area contributed by atoms with Crippen molar-refractivity contribution in [2.24, 2.45) is 0 Å². The Hall–Kier alpha value is -0.150. The maximum atomic E-state index is 7.23. The van der Waals surface area contributed by atoms with Crippen LogP contribution in [0.2, 0.25) is 0 Å². The highest BCUT2D eigenvalue weighted by Gasteiger charge is 1.96.